The molecule has 1 aliphatic heterocycles. The summed E-state index contributed by atoms with van der Waals surface area (Å²) in [6, 6.07) is 13.9. The highest BCUT2D eigenvalue weighted by Crippen LogP contribution is 2.48. The minimum Gasteiger partial charge on any atom is -0.403 e. The van der Waals surface area contributed by atoms with Crippen LogP contribution in [0.1, 0.15) is 73.1 Å². The molecule has 0 radical (unpaired) electrons. The Morgan fingerprint density at radius 3 is 2.74 bits per heavy atom. The van der Waals surface area contributed by atoms with Crippen molar-refractivity contribution in [2.75, 3.05) is 36.4 Å². The summed E-state index contributed by atoms with van der Waals surface area (Å²) < 4.78 is 26.1. The Morgan fingerprint density at radius 1 is 1.15 bits per heavy atom. The van der Waals surface area contributed by atoms with Gasteiger partial charge in [0, 0.05) is 36.2 Å². The summed E-state index contributed by atoms with van der Waals surface area (Å²) in [4.78, 5) is 35.1. The molecule has 2 atom stereocenters. The standard InChI is InChI=1S/C40H44FN7O5/c1-3-31-26-20-25(2)23-40(31,42)32-14-15-35(44-34(32)22-26)52-39(51)48(19-9-18-47-16-7-4-8-17-47)38-46-45-37(53-38)29-13-12-28(21-27(29)24-49)43-36(50)30-10-5-6-11-33(30)41/h3,5-6,10-15,20-21,26,49H,4,7-9,16-19,22-24,42H2,1-2H3,(H,43,50)/t26-,40?/m1/s1. The van der Waals surface area contributed by atoms with E-state index in [4.69, 9.17) is 19.9 Å². The monoisotopic (exact) mass is 721 g/mol. The van der Waals surface area contributed by atoms with Crippen LogP contribution in [-0.4, -0.2) is 63.4 Å². The number of aliphatic hydroxyl groups excluding tert-OH is 1. The summed E-state index contributed by atoms with van der Waals surface area (Å²) in [6.07, 6.45) is 9.15. The number of rotatable bonds is 10. The molecule has 1 saturated heterocycles. The molecule has 4 aromatic rings. The van der Waals surface area contributed by atoms with Gasteiger partial charge in [0.15, 0.2) is 0 Å². The average molecular weight is 722 g/mol. The first-order valence-corrected chi connectivity index (χ1v) is 18.2. The highest BCUT2D eigenvalue weighted by Gasteiger charge is 2.44. The van der Waals surface area contributed by atoms with Gasteiger partial charge in [-0.05, 0) is 112 Å². The van der Waals surface area contributed by atoms with Crippen LogP contribution in [0, 0.1) is 11.7 Å². The van der Waals surface area contributed by atoms with Crippen LogP contribution in [-0.2, 0) is 18.6 Å². The van der Waals surface area contributed by atoms with Crippen molar-refractivity contribution in [2.45, 2.75) is 64.5 Å². The van der Waals surface area contributed by atoms with Crippen molar-refractivity contribution in [3.63, 3.8) is 0 Å². The number of aromatic nitrogens is 3. The van der Waals surface area contributed by atoms with Gasteiger partial charge in [0.25, 0.3) is 5.91 Å². The second-order valence-electron chi connectivity index (χ2n) is 14.0. The number of hydrogen-bond acceptors (Lipinski definition) is 10. The average Bonchev–Trinajstić information content (AvgIpc) is 3.63. The maximum absolute atomic E-state index is 14.2. The van der Waals surface area contributed by atoms with E-state index in [1.54, 1.807) is 30.3 Å². The van der Waals surface area contributed by atoms with E-state index in [0.717, 1.165) is 43.7 Å². The minimum absolute atomic E-state index is 0.0553. The van der Waals surface area contributed by atoms with E-state index in [9.17, 15) is 19.1 Å². The number of pyridine rings is 1. The van der Waals surface area contributed by atoms with Crippen molar-refractivity contribution in [1.82, 2.24) is 20.1 Å². The maximum atomic E-state index is 14.2. The van der Waals surface area contributed by atoms with Gasteiger partial charge >= 0.3 is 12.1 Å². The number of fused-ring (bicyclic) bond motifs is 4. The number of nitrogens with two attached hydrogens (primary N) is 1. The first kappa shape index (κ1) is 36.1. The number of ether oxygens (including phenoxy) is 1. The molecule has 1 unspecified atom stereocenters. The van der Waals surface area contributed by atoms with Crippen LogP contribution in [0.15, 0.2) is 82.3 Å². The Balaban J connectivity index is 1.12. The number of anilines is 2. The number of amides is 2. The molecular weight excluding hydrogens is 677 g/mol. The molecule has 3 heterocycles. The van der Waals surface area contributed by atoms with Crippen LogP contribution in [0.4, 0.5) is 20.9 Å². The number of carbonyl (C=O) groups is 2. The summed E-state index contributed by atoms with van der Waals surface area (Å²) in [6.45, 7) is 6.77. The molecule has 2 amide bonds. The predicted molar refractivity (Wildman–Crippen MR) is 198 cm³/mol. The smallest absolute Gasteiger partial charge is 0.403 e. The number of nitrogens with one attached hydrogen (secondary N) is 1. The molecule has 7 rings (SSSR count). The number of halogens is 1. The first-order valence-electron chi connectivity index (χ1n) is 18.2. The molecule has 1 fully saturated rings. The molecule has 53 heavy (non-hydrogen) atoms. The van der Waals surface area contributed by atoms with E-state index < -0.39 is 30.0 Å². The van der Waals surface area contributed by atoms with E-state index in [2.05, 4.69) is 39.5 Å². The zero-order valence-corrected chi connectivity index (χ0v) is 30.0. The maximum Gasteiger partial charge on any atom is 0.424 e. The van der Waals surface area contributed by atoms with Crippen LogP contribution in [0.2, 0.25) is 0 Å². The summed E-state index contributed by atoms with van der Waals surface area (Å²) >= 11 is 0. The fourth-order valence-electron chi connectivity index (χ4n) is 7.90. The SMILES string of the molecule is CC=C1[C@@H]2C=C(C)CC1(N)c1ccc(OC(=O)N(CCCN3CCCCC3)c3nnc(-c4ccc(NC(=O)c5ccccc5F)cc4CO)o3)nc1C2. The Morgan fingerprint density at radius 2 is 1.96 bits per heavy atom. The fraction of sp³-hybridized carbons (Fsp3) is 0.375. The number of carbonyl (C=O) groups excluding carboxylic acids is 2. The molecular formula is C40H44FN7O5. The second-order valence-corrected chi connectivity index (χ2v) is 14.0. The number of allylic oxidation sites excluding steroid dienone is 2. The molecule has 0 spiro atoms. The molecule has 12 nitrogen and oxygen atoms in total. The molecule has 2 aromatic heterocycles. The van der Waals surface area contributed by atoms with Crippen molar-refractivity contribution in [1.29, 1.82) is 0 Å². The van der Waals surface area contributed by atoms with Crippen molar-refractivity contribution < 1.29 is 28.2 Å². The number of nitrogens with zero attached hydrogens (tertiary/aromatic N) is 5. The normalized spacial score (nSPS) is 20.4. The predicted octanol–water partition coefficient (Wildman–Crippen LogP) is 6.52. The van der Waals surface area contributed by atoms with Crippen LogP contribution in [0.5, 0.6) is 5.88 Å². The third-order valence-corrected chi connectivity index (χ3v) is 10.4. The van der Waals surface area contributed by atoms with Crippen LogP contribution in [0.3, 0.4) is 0 Å². The lowest BCUT2D eigenvalue weighted by Crippen LogP contribution is -2.47. The summed E-state index contributed by atoms with van der Waals surface area (Å²) in [5, 5.41) is 21.3. The highest BCUT2D eigenvalue weighted by atomic mass is 19.1. The van der Waals surface area contributed by atoms with E-state index in [-0.39, 0.29) is 35.8 Å². The zero-order chi connectivity index (χ0) is 37.1. The van der Waals surface area contributed by atoms with Gasteiger partial charge in [-0.25, -0.2) is 19.1 Å². The topological polar surface area (TPSA) is 160 Å². The number of likely N-dealkylation sites (tertiary alicyclic amines) is 1. The van der Waals surface area contributed by atoms with Crippen molar-refractivity contribution in [3.8, 4) is 17.3 Å². The van der Waals surface area contributed by atoms with E-state index >= 15 is 0 Å². The zero-order valence-electron chi connectivity index (χ0n) is 30.0. The lowest BCUT2D eigenvalue weighted by molar-refractivity contribution is 0.102. The van der Waals surface area contributed by atoms with Gasteiger partial charge in [0.2, 0.25) is 11.8 Å². The van der Waals surface area contributed by atoms with Crippen molar-refractivity contribution >= 4 is 23.7 Å². The molecule has 13 heteroatoms. The van der Waals surface area contributed by atoms with Gasteiger partial charge < -0.3 is 30.2 Å². The Bertz CT molecular complexity index is 2070. The number of benzene rings is 2. The van der Waals surface area contributed by atoms with Crippen molar-refractivity contribution in [3.05, 3.63) is 106 Å². The van der Waals surface area contributed by atoms with Gasteiger partial charge in [-0.1, -0.05) is 41.4 Å². The molecule has 276 valence electrons. The molecule has 0 saturated carbocycles. The first-order chi connectivity index (χ1) is 25.7. The molecule has 2 aliphatic carbocycles. The quantitative estimate of drug-likeness (QED) is 0.154. The van der Waals surface area contributed by atoms with Gasteiger partial charge in [-0.15, -0.1) is 5.10 Å². The molecule has 4 N–H and O–H groups in total. The van der Waals surface area contributed by atoms with Gasteiger partial charge in [0.1, 0.15) is 5.82 Å². The summed E-state index contributed by atoms with van der Waals surface area (Å²) in [5.74, 6) is -0.942. The Hall–Kier alpha value is -5.24. The number of hydrogen-bond donors (Lipinski definition) is 3. The summed E-state index contributed by atoms with van der Waals surface area (Å²) in [5.41, 5.74) is 11.6. The third-order valence-electron chi connectivity index (χ3n) is 10.4. The van der Waals surface area contributed by atoms with Gasteiger partial charge in [0.05, 0.1) is 23.4 Å². The minimum atomic E-state index is -0.719. The molecule has 3 aliphatic rings. The van der Waals surface area contributed by atoms with Crippen LogP contribution in [0.25, 0.3) is 11.5 Å². The van der Waals surface area contributed by atoms with E-state index in [0.29, 0.717) is 36.1 Å². The van der Waals surface area contributed by atoms with Crippen LogP contribution >= 0.6 is 0 Å². The molecule has 2 aromatic carbocycles. The van der Waals surface area contributed by atoms with Crippen molar-refractivity contribution in [2.24, 2.45) is 11.7 Å². The summed E-state index contributed by atoms with van der Waals surface area (Å²) in [7, 11) is 0. The lowest BCUT2D eigenvalue weighted by Gasteiger charge is -2.45. The van der Waals surface area contributed by atoms with Crippen LogP contribution < -0.4 is 20.7 Å². The fourth-order valence-corrected chi connectivity index (χ4v) is 7.90. The van der Waals surface area contributed by atoms with Gasteiger partial charge in [-0.3, -0.25) is 4.79 Å². The lowest BCUT2D eigenvalue weighted by atomic mass is 9.63. The second kappa shape index (κ2) is 15.4. The largest absolute Gasteiger partial charge is 0.424 e. The van der Waals surface area contributed by atoms with E-state index in [1.807, 2.05) is 13.0 Å². The third kappa shape index (κ3) is 7.50. The van der Waals surface area contributed by atoms with Gasteiger partial charge in [-0.2, -0.15) is 0 Å². The molecule has 2 bridgehead atoms. The Kier molecular flexibility index (Phi) is 10.5. The highest BCUT2D eigenvalue weighted by molar-refractivity contribution is 6.04. The number of aliphatic hydroxyl groups is 1. The Labute approximate surface area is 307 Å². The van der Waals surface area contributed by atoms with E-state index in [1.165, 1.54) is 40.7 Å². The number of piperidine rings is 1.